The summed E-state index contributed by atoms with van der Waals surface area (Å²) < 4.78 is 0. The number of carbonyl (C=O) groups is 2. The predicted octanol–water partition coefficient (Wildman–Crippen LogP) is -1.23. The molecule has 1 heterocycles. The first-order valence-corrected chi connectivity index (χ1v) is 6.19. The molecule has 1 fully saturated rings. The number of nitrogens with zero attached hydrogens (tertiary/aromatic N) is 1. The molecule has 1 aliphatic rings. The SMILES string of the molecule is O=C([O-])CC1(C(=O)[O-])CCN(Cc2ccccc2)C1. The molecule has 0 aliphatic carbocycles. The van der Waals surface area contributed by atoms with Gasteiger partial charge in [-0.1, -0.05) is 30.3 Å². The zero-order chi connectivity index (χ0) is 13.9. The maximum atomic E-state index is 11.2. The molecule has 1 aromatic carbocycles. The van der Waals surface area contributed by atoms with Crippen molar-refractivity contribution in [2.45, 2.75) is 19.4 Å². The Hall–Kier alpha value is -1.88. The van der Waals surface area contributed by atoms with E-state index in [9.17, 15) is 19.8 Å². The van der Waals surface area contributed by atoms with Crippen LogP contribution in [0, 0.1) is 5.41 Å². The van der Waals surface area contributed by atoms with E-state index in [1.807, 2.05) is 35.2 Å². The van der Waals surface area contributed by atoms with E-state index < -0.39 is 23.8 Å². The summed E-state index contributed by atoms with van der Waals surface area (Å²) in [6, 6.07) is 9.65. The molecule has 0 bridgehead atoms. The fourth-order valence-corrected chi connectivity index (χ4v) is 2.59. The minimum absolute atomic E-state index is 0.193. The Bertz CT molecular complexity index is 474. The third-order valence-electron chi connectivity index (χ3n) is 3.60. The monoisotopic (exact) mass is 261 g/mol. The van der Waals surface area contributed by atoms with Gasteiger partial charge in [-0.2, -0.15) is 0 Å². The van der Waals surface area contributed by atoms with Gasteiger partial charge in [0.05, 0.1) is 0 Å². The Morgan fingerprint density at radius 2 is 1.89 bits per heavy atom. The molecule has 5 nitrogen and oxygen atoms in total. The highest BCUT2D eigenvalue weighted by Crippen LogP contribution is 2.34. The molecule has 1 aliphatic heterocycles. The van der Waals surface area contributed by atoms with Gasteiger partial charge >= 0.3 is 0 Å². The minimum atomic E-state index is -1.34. The van der Waals surface area contributed by atoms with Crippen LogP contribution in [0.5, 0.6) is 0 Å². The zero-order valence-electron chi connectivity index (χ0n) is 10.5. The number of carboxylic acids is 2. The van der Waals surface area contributed by atoms with Gasteiger partial charge in [-0.3, -0.25) is 4.90 Å². The van der Waals surface area contributed by atoms with Crippen LogP contribution < -0.4 is 10.2 Å². The first kappa shape index (κ1) is 13.5. The Kier molecular flexibility index (Phi) is 3.85. The molecule has 19 heavy (non-hydrogen) atoms. The summed E-state index contributed by atoms with van der Waals surface area (Å²) in [5.74, 6) is -2.64. The van der Waals surface area contributed by atoms with Gasteiger partial charge < -0.3 is 19.8 Å². The lowest BCUT2D eigenvalue weighted by molar-refractivity contribution is -0.327. The molecule has 5 heteroatoms. The van der Waals surface area contributed by atoms with Gasteiger partial charge in [0, 0.05) is 30.4 Å². The van der Waals surface area contributed by atoms with Crippen LogP contribution in [0.1, 0.15) is 18.4 Å². The number of hydrogen-bond acceptors (Lipinski definition) is 5. The van der Waals surface area contributed by atoms with Gasteiger partial charge in [-0.05, 0) is 24.9 Å². The average Bonchev–Trinajstić information content (AvgIpc) is 2.74. The van der Waals surface area contributed by atoms with E-state index in [0.717, 1.165) is 5.56 Å². The maximum Gasteiger partial charge on any atom is 0.0493 e. The number of benzene rings is 1. The lowest BCUT2D eigenvalue weighted by Gasteiger charge is -2.31. The maximum absolute atomic E-state index is 11.2. The Morgan fingerprint density at radius 1 is 1.21 bits per heavy atom. The summed E-state index contributed by atoms with van der Waals surface area (Å²) in [4.78, 5) is 23.9. The molecule has 0 amide bonds. The largest absolute Gasteiger partial charge is 0.550 e. The second-order valence-corrected chi connectivity index (χ2v) is 5.06. The lowest BCUT2D eigenvalue weighted by atomic mass is 9.84. The van der Waals surface area contributed by atoms with Crippen LogP contribution in [-0.4, -0.2) is 29.9 Å². The van der Waals surface area contributed by atoms with Crippen LogP contribution in [0.25, 0.3) is 0 Å². The number of likely N-dealkylation sites (tertiary alicyclic amines) is 1. The van der Waals surface area contributed by atoms with Crippen molar-refractivity contribution >= 4 is 11.9 Å². The summed E-state index contributed by atoms with van der Waals surface area (Å²) >= 11 is 0. The van der Waals surface area contributed by atoms with Crippen molar-refractivity contribution in [1.82, 2.24) is 4.90 Å². The molecule has 0 radical (unpaired) electrons. The van der Waals surface area contributed by atoms with Crippen LogP contribution in [0.15, 0.2) is 30.3 Å². The summed E-state index contributed by atoms with van der Waals surface area (Å²) in [5.41, 5.74) is -0.238. The fraction of sp³-hybridized carbons (Fsp3) is 0.429. The molecule has 0 N–H and O–H groups in total. The van der Waals surface area contributed by atoms with Crippen LogP contribution in [0.2, 0.25) is 0 Å². The van der Waals surface area contributed by atoms with Crippen LogP contribution in [0.3, 0.4) is 0 Å². The summed E-state index contributed by atoms with van der Waals surface area (Å²) in [5, 5.41) is 21.9. The number of rotatable bonds is 5. The highest BCUT2D eigenvalue weighted by Gasteiger charge is 2.39. The molecule has 1 saturated heterocycles. The van der Waals surface area contributed by atoms with Crippen LogP contribution in [0.4, 0.5) is 0 Å². The molecular formula is C14H15NO4-2. The normalized spacial score (nSPS) is 23.4. The minimum Gasteiger partial charge on any atom is -0.550 e. The first-order chi connectivity index (χ1) is 9.02. The number of hydrogen-bond donors (Lipinski definition) is 0. The van der Waals surface area contributed by atoms with E-state index in [4.69, 9.17) is 0 Å². The quantitative estimate of drug-likeness (QED) is 0.662. The molecule has 2 rings (SSSR count). The van der Waals surface area contributed by atoms with E-state index >= 15 is 0 Å². The third-order valence-corrected chi connectivity index (χ3v) is 3.60. The van der Waals surface area contributed by atoms with Crippen molar-refractivity contribution in [2.75, 3.05) is 13.1 Å². The lowest BCUT2D eigenvalue weighted by Crippen LogP contribution is -2.47. The van der Waals surface area contributed by atoms with Gasteiger partial charge in [-0.25, -0.2) is 0 Å². The standard InChI is InChI=1S/C14H17NO4/c16-12(17)8-14(13(18)19)6-7-15(10-14)9-11-4-2-1-3-5-11/h1-5H,6-10H2,(H,16,17)(H,18,19)/p-2. The molecule has 0 spiro atoms. The molecule has 102 valence electrons. The molecular weight excluding hydrogens is 246 g/mol. The highest BCUT2D eigenvalue weighted by atomic mass is 16.4. The first-order valence-electron chi connectivity index (χ1n) is 6.19. The van der Waals surface area contributed by atoms with E-state index in [2.05, 4.69) is 0 Å². The van der Waals surface area contributed by atoms with Gasteiger partial charge in [0.25, 0.3) is 0 Å². The second-order valence-electron chi connectivity index (χ2n) is 5.06. The van der Waals surface area contributed by atoms with E-state index in [1.54, 1.807) is 0 Å². The van der Waals surface area contributed by atoms with E-state index in [0.29, 0.717) is 13.1 Å². The van der Waals surface area contributed by atoms with Gasteiger partial charge in [0.1, 0.15) is 0 Å². The summed E-state index contributed by atoms with van der Waals surface area (Å²) in [6.45, 7) is 1.36. The van der Waals surface area contributed by atoms with Crippen molar-refractivity contribution in [1.29, 1.82) is 0 Å². The Balaban J connectivity index is 2.05. The second kappa shape index (κ2) is 5.40. The zero-order valence-corrected chi connectivity index (χ0v) is 10.5. The topological polar surface area (TPSA) is 83.5 Å². The van der Waals surface area contributed by atoms with Gasteiger partial charge in [0.15, 0.2) is 0 Å². The molecule has 1 aromatic rings. The number of carboxylic acid groups (broad SMARTS) is 2. The Labute approximate surface area is 111 Å². The van der Waals surface area contributed by atoms with Crippen molar-refractivity contribution in [3.05, 3.63) is 35.9 Å². The Morgan fingerprint density at radius 3 is 2.47 bits per heavy atom. The molecule has 1 unspecified atom stereocenters. The molecule has 1 atom stereocenters. The molecule has 0 saturated carbocycles. The van der Waals surface area contributed by atoms with Crippen molar-refractivity contribution in [2.24, 2.45) is 5.41 Å². The van der Waals surface area contributed by atoms with Gasteiger partial charge in [-0.15, -0.1) is 0 Å². The molecule has 0 aromatic heterocycles. The number of aliphatic carboxylic acids is 2. The third kappa shape index (κ3) is 3.12. The van der Waals surface area contributed by atoms with E-state index in [1.165, 1.54) is 0 Å². The van der Waals surface area contributed by atoms with Gasteiger partial charge in [0.2, 0.25) is 0 Å². The average molecular weight is 261 g/mol. The summed E-state index contributed by atoms with van der Waals surface area (Å²) in [7, 11) is 0. The van der Waals surface area contributed by atoms with Crippen LogP contribution >= 0.6 is 0 Å². The summed E-state index contributed by atoms with van der Waals surface area (Å²) in [6.07, 6.45) is -0.198. The van der Waals surface area contributed by atoms with Crippen molar-refractivity contribution in [3.63, 3.8) is 0 Å². The van der Waals surface area contributed by atoms with Crippen molar-refractivity contribution < 1.29 is 19.8 Å². The predicted molar refractivity (Wildman–Crippen MR) is 63.4 cm³/mol. The smallest absolute Gasteiger partial charge is 0.0493 e. The fourth-order valence-electron chi connectivity index (χ4n) is 2.59. The van der Waals surface area contributed by atoms with E-state index in [-0.39, 0.29) is 13.0 Å². The van der Waals surface area contributed by atoms with Crippen LogP contribution in [-0.2, 0) is 16.1 Å². The highest BCUT2D eigenvalue weighted by molar-refractivity contribution is 5.80. The van der Waals surface area contributed by atoms with Crippen molar-refractivity contribution in [3.8, 4) is 0 Å². The number of carbonyl (C=O) groups excluding carboxylic acids is 2.